The lowest BCUT2D eigenvalue weighted by Gasteiger charge is -2.12. The maximum atomic E-state index is 5.79. The lowest BCUT2D eigenvalue weighted by molar-refractivity contribution is 0.0643. The van der Waals surface area contributed by atoms with Crippen LogP contribution in [0, 0.1) is 0 Å². The molecule has 120 valence electrons. The van der Waals surface area contributed by atoms with Crippen LogP contribution in [0.2, 0.25) is 0 Å². The van der Waals surface area contributed by atoms with E-state index in [1.807, 2.05) is 18.2 Å². The summed E-state index contributed by atoms with van der Waals surface area (Å²) in [7, 11) is 3.32. The first kappa shape index (κ1) is 17.8. The highest BCUT2D eigenvalue weighted by molar-refractivity contribution is 5.42. The van der Waals surface area contributed by atoms with E-state index in [4.69, 9.17) is 18.9 Å². The molecule has 0 radical (unpaired) electrons. The van der Waals surface area contributed by atoms with Gasteiger partial charge in [-0.15, -0.1) is 0 Å². The Balaban J connectivity index is 2.37. The molecular weight excluding hydrogens is 270 g/mol. The largest absolute Gasteiger partial charge is 0.493 e. The molecule has 0 heterocycles. The molecule has 0 fully saturated rings. The molecule has 0 aliphatic rings. The van der Waals surface area contributed by atoms with Crippen LogP contribution in [0.15, 0.2) is 18.2 Å². The zero-order valence-electron chi connectivity index (χ0n) is 13.3. The fourth-order valence-corrected chi connectivity index (χ4v) is 1.80. The van der Waals surface area contributed by atoms with E-state index in [1.54, 1.807) is 14.2 Å². The summed E-state index contributed by atoms with van der Waals surface area (Å²) < 4.78 is 21.4. The van der Waals surface area contributed by atoms with Crippen molar-refractivity contribution >= 4 is 0 Å². The summed E-state index contributed by atoms with van der Waals surface area (Å²) in [5.74, 6) is 1.54. The van der Waals surface area contributed by atoms with Gasteiger partial charge >= 0.3 is 0 Å². The van der Waals surface area contributed by atoms with Gasteiger partial charge < -0.3 is 24.3 Å². The molecule has 5 nitrogen and oxygen atoms in total. The average Bonchev–Trinajstić information content (AvgIpc) is 2.52. The molecule has 0 saturated carbocycles. The lowest BCUT2D eigenvalue weighted by atomic mass is 10.2. The molecule has 0 bridgehead atoms. The molecular formula is C16H27NO4. The van der Waals surface area contributed by atoms with Crippen LogP contribution in [0.4, 0.5) is 0 Å². The predicted molar refractivity (Wildman–Crippen MR) is 83.2 cm³/mol. The van der Waals surface area contributed by atoms with E-state index in [9.17, 15) is 0 Å². The minimum absolute atomic E-state index is 0.605. The Morgan fingerprint density at radius 2 is 1.86 bits per heavy atom. The second-order valence-corrected chi connectivity index (χ2v) is 4.57. The van der Waals surface area contributed by atoms with Crippen molar-refractivity contribution in [2.45, 2.75) is 19.9 Å². The van der Waals surface area contributed by atoms with Gasteiger partial charge in [0.05, 0.1) is 26.9 Å². The molecule has 1 aromatic carbocycles. The van der Waals surface area contributed by atoms with Crippen molar-refractivity contribution in [3.8, 4) is 11.5 Å². The third-order valence-corrected chi connectivity index (χ3v) is 2.93. The summed E-state index contributed by atoms with van der Waals surface area (Å²) in [5, 5.41) is 3.30. The van der Waals surface area contributed by atoms with Crippen molar-refractivity contribution in [1.29, 1.82) is 0 Å². The average molecular weight is 297 g/mol. The van der Waals surface area contributed by atoms with Gasteiger partial charge in [0, 0.05) is 26.7 Å². The van der Waals surface area contributed by atoms with Crippen LogP contribution >= 0.6 is 0 Å². The smallest absolute Gasteiger partial charge is 0.161 e. The second kappa shape index (κ2) is 11.4. The van der Waals surface area contributed by atoms with E-state index < -0.39 is 0 Å². The highest BCUT2D eigenvalue weighted by Gasteiger charge is 2.05. The number of methoxy groups -OCH3 is 2. The highest BCUT2D eigenvalue weighted by atomic mass is 16.5. The Kier molecular flexibility index (Phi) is 9.61. The van der Waals surface area contributed by atoms with Gasteiger partial charge in [-0.1, -0.05) is 13.0 Å². The van der Waals surface area contributed by atoms with Gasteiger partial charge in [-0.25, -0.2) is 0 Å². The molecule has 0 atom stereocenters. The summed E-state index contributed by atoms with van der Waals surface area (Å²) in [4.78, 5) is 0. The molecule has 1 aromatic rings. The first-order chi connectivity index (χ1) is 10.3. The van der Waals surface area contributed by atoms with Crippen molar-refractivity contribution < 1.29 is 18.9 Å². The second-order valence-electron chi connectivity index (χ2n) is 4.57. The van der Waals surface area contributed by atoms with Crippen molar-refractivity contribution in [1.82, 2.24) is 5.32 Å². The summed E-state index contributed by atoms with van der Waals surface area (Å²) in [6.45, 7) is 6.39. The van der Waals surface area contributed by atoms with Gasteiger partial charge in [-0.2, -0.15) is 0 Å². The number of benzene rings is 1. The van der Waals surface area contributed by atoms with Crippen LogP contribution in [-0.2, 0) is 16.0 Å². The SMILES string of the molecule is CCNCc1ccc(OC)c(OCCCOCCOC)c1. The molecule has 0 saturated heterocycles. The number of rotatable bonds is 12. The Morgan fingerprint density at radius 1 is 1.00 bits per heavy atom. The number of hydrogen-bond acceptors (Lipinski definition) is 5. The number of ether oxygens (including phenoxy) is 4. The first-order valence-corrected chi connectivity index (χ1v) is 7.39. The standard InChI is InChI=1S/C16H27NO4/c1-4-17-13-14-6-7-15(19-3)16(12-14)21-9-5-8-20-11-10-18-2/h6-7,12,17H,4-5,8-11,13H2,1-3H3. The van der Waals surface area contributed by atoms with E-state index in [2.05, 4.69) is 12.2 Å². The summed E-state index contributed by atoms with van der Waals surface area (Å²) >= 11 is 0. The summed E-state index contributed by atoms with van der Waals surface area (Å²) in [6.07, 6.45) is 0.838. The van der Waals surface area contributed by atoms with Gasteiger partial charge in [0.2, 0.25) is 0 Å². The molecule has 0 amide bonds. The van der Waals surface area contributed by atoms with Gasteiger partial charge in [-0.3, -0.25) is 0 Å². The van der Waals surface area contributed by atoms with Crippen molar-refractivity contribution in [2.75, 3.05) is 47.2 Å². The van der Waals surface area contributed by atoms with Gasteiger partial charge in [0.15, 0.2) is 11.5 Å². The molecule has 1 N–H and O–H groups in total. The van der Waals surface area contributed by atoms with Gasteiger partial charge in [0.1, 0.15) is 0 Å². The van der Waals surface area contributed by atoms with E-state index in [1.165, 1.54) is 5.56 Å². The predicted octanol–water partition coefficient (Wildman–Crippen LogP) is 2.24. The topological polar surface area (TPSA) is 49.0 Å². The maximum absolute atomic E-state index is 5.79. The van der Waals surface area contributed by atoms with Crippen molar-refractivity contribution in [3.05, 3.63) is 23.8 Å². The third kappa shape index (κ3) is 7.32. The van der Waals surface area contributed by atoms with Gasteiger partial charge in [0.25, 0.3) is 0 Å². The fraction of sp³-hybridized carbons (Fsp3) is 0.625. The molecule has 21 heavy (non-hydrogen) atoms. The van der Waals surface area contributed by atoms with E-state index >= 15 is 0 Å². The first-order valence-electron chi connectivity index (χ1n) is 7.39. The molecule has 5 heteroatoms. The Morgan fingerprint density at radius 3 is 2.57 bits per heavy atom. The molecule has 1 rings (SSSR count). The quantitative estimate of drug-likeness (QED) is 0.600. The summed E-state index contributed by atoms with van der Waals surface area (Å²) in [6, 6.07) is 6.01. The fourth-order valence-electron chi connectivity index (χ4n) is 1.80. The Hall–Kier alpha value is -1.30. The normalized spacial score (nSPS) is 10.6. The number of hydrogen-bond donors (Lipinski definition) is 1. The van der Waals surface area contributed by atoms with E-state index in [-0.39, 0.29) is 0 Å². The van der Waals surface area contributed by atoms with Crippen LogP contribution in [-0.4, -0.2) is 47.2 Å². The van der Waals surface area contributed by atoms with Crippen LogP contribution in [0.5, 0.6) is 11.5 Å². The minimum atomic E-state index is 0.605. The van der Waals surface area contributed by atoms with E-state index in [0.29, 0.717) is 26.4 Å². The van der Waals surface area contributed by atoms with Crippen LogP contribution in [0.25, 0.3) is 0 Å². The number of nitrogens with one attached hydrogen (secondary N) is 1. The van der Waals surface area contributed by atoms with Crippen LogP contribution in [0.1, 0.15) is 18.9 Å². The molecule has 0 unspecified atom stereocenters. The zero-order chi connectivity index (χ0) is 15.3. The van der Waals surface area contributed by atoms with Crippen molar-refractivity contribution in [3.63, 3.8) is 0 Å². The lowest BCUT2D eigenvalue weighted by Crippen LogP contribution is -2.12. The van der Waals surface area contributed by atoms with Gasteiger partial charge in [-0.05, 0) is 24.2 Å². The third-order valence-electron chi connectivity index (χ3n) is 2.93. The monoisotopic (exact) mass is 297 g/mol. The van der Waals surface area contributed by atoms with Crippen LogP contribution in [0.3, 0.4) is 0 Å². The van der Waals surface area contributed by atoms with Crippen molar-refractivity contribution in [2.24, 2.45) is 0 Å². The molecule has 0 aliphatic heterocycles. The molecule has 0 aliphatic carbocycles. The minimum Gasteiger partial charge on any atom is -0.493 e. The van der Waals surface area contributed by atoms with E-state index in [0.717, 1.165) is 31.0 Å². The molecule has 0 spiro atoms. The van der Waals surface area contributed by atoms with Crippen LogP contribution < -0.4 is 14.8 Å². The maximum Gasteiger partial charge on any atom is 0.161 e. The Bertz CT molecular complexity index is 385. The summed E-state index contributed by atoms with van der Waals surface area (Å²) in [5.41, 5.74) is 1.18. The highest BCUT2D eigenvalue weighted by Crippen LogP contribution is 2.28. The molecule has 0 aromatic heterocycles. The zero-order valence-corrected chi connectivity index (χ0v) is 13.3. The Labute approximate surface area is 127 Å².